The van der Waals surface area contributed by atoms with Crippen LogP contribution < -0.4 is 4.74 Å². The lowest BCUT2D eigenvalue weighted by molar-refractivity contribution is -0.132. The molecule has 0 saturated carbocycles. The van der Waals surface area contributed by atoms with Crippen LogP contribution in [0.2, 0.25) is 0 Å². The zero-order valence-electron chi connectivity index (χ0n) is 14.6. The second-order valence-electron chi connectivity index (χ2n) is 6.12. The summed E-state index contributed by atoms with van der Waals surface area (Å²) < 4.78 is 10.8. The second-order valence-corrected chi connectivity index (χ2v) is 6.12. The van der Waals surface area contributed by atoms with Crippen LogP contribution in [0.15, 0.2) is 47.1 Å². The van der Waals surface area contributed by atoms with Crippen molar-refractivity contribution in [2.45, 2.75) is 19.6 Å². The van der Waals surface area contributed by atoms with Gasteiger partial charge >= 0.3 is 0 Å². The molecule has 1 aromatic heterocycles. The fourth-order valence-corrected chi connectivity index (χ4v) is 2.99. The Hall–Kier alpha value is -2.80. The summed E-state index contributed by atoms with van der Waals surface area (Å²) in [4.78, 5) is 28.4. The SMILES string of the molecule is CCOc1ccccc1C(=O)N1CC(=O)N(Cc2ccco2)CC(O)C1. The average molecular weight is 358 g/mol. The Morgan fingerprint density at radius 2 is 2.08 bits per heavy atom. The van der Waals surface area contributed by atoms with Crippen molar-refractivity contribution >= 4 is 11.8 Å². The van der Waals surface area contributed by atoms with E-state index in [1.165, 1.54) is 16.1 Å². The molecule has 2 heterocycles. The molecule has 1 N–H and O–H groups in total. The van der Waals surface area contributed by atoms with Crippen LogP contribution >= 0.6 is 0 Å². The molecule has 1 aromatic carbocycles. The van der Waals surface area contributed by atoms with Gasteiger partial charge in [-0.15, -0.1) is 0 Å². The van der Waals surface area contributed by atoms with Gasteiger partial charge in [-0.1, -0.05) is 12.1 Å². The van der Waals surface area contributed by atoms with E-state index in [1.807, 2.05) is 6.92 Å². The largest absolute Gasteiger partial charge is 0.493 e. The molecule has 1 atom stereocenters. The van der Waals surface area contributed by atoms with Gasteiger partial charge < -0.3 is 24.1 Å². The van der Waals surface area contributed by atoms with E-state index in [0.29, 0.717) is 23.7 Å². The van der Waals surface area contributed by atoms with E-state index in [0.717, 1.165) is 0 Å². The van der Waals surface area contributed by atoms with Gasteiger partial charge in [0.25, 0.3) is 5.91 Å². The zero-order valence-corrected chi connectivity index (χ0v) is 14.6. The van der Waals surface area contributed by atoms with Crippen molar-refractivity contribution in [2.24, 2.45) is 0 Å². The first-order valence-corrected chi connectivity index (χ1v) is 8.57. The molecule has 1 fully saturated rings. The van der Waals surface area contributed by atoms with E-state index in [2.05, 4.69) is 0 Å². The lowest BCUT2D eigenvalue weighted by Gasteiger charge is -2.22. The number of nitrogens with zero attached hydrogens (tertiary/aromatic N) is 2. The van der Waals surface area contributed by atoms with E-state index >= 15 is 0 Å². The third kappa shape index (κ3) is 4.05. The molecule has 0 radical (unpaired) electrons. The van der Waals surface area contributed by atoms with Crippen LogP contribution in [0.4, 0.5) is 0 Å². The Bertz CT molecular complexity index is 759. The molecule has 1 aliphatic rings. The number of furan rings is 1. The number of rotatable bonds is 5. The maximum Gasteiger partial charge on any atom is 0.258 e. The molecule has 2 amide bonds. The summed E-state index contributed by atoms with van der Waals surface area (Å²) >= 11 is 0. The van der Waals surface area contributed by atoms with Gasteiger partial charge in [-0.25, -0.2) is 0 Å². The van der Waals surface area contributed by atoms with Crippen LogP contribution in [-0.4, -0.2) is 59.1 Å². The molecular formula is C19H22N2O5. The van der Waals surface area contributed by atoms with Gasteiger partial charge in [0.15, 0.2) is 0 Å². The molecule has 1 aliphatic heterocycles. The van der Waals surface area contributed by atoms with Crippen LogP contribution in [0, 0.1) is 0 Å². The van der Waals surface area contributed by atoms with Gasteiger partial charge in [0, 0.05) is 13.1 Å². The van der Waals surface area contributed by atoms with E-state index in [4.69, 9.17) is 9.15 Å². The Labute approximate surface area is 151 Å². The Kier molecular flexibility index (Phi) is 5.58. The van der Waals surface area contributed by atoms with Crippen molar-refractivity contribution in [1.29, 1.82) is 0 Å². The van der Waals surface area contributed by atoms with E-state index < -0.39 is 6.10 Å². The summed E-state index contributed by atoms with van der Waals surface area (Å²) in [6.45, 7) is 2.67. The molecule has 0 bridgehead atoms. The summed E-state index contributed by atoms with van der Waals surface area (Å²) in [5.41, 5.74) is 0.383. The van der Waals surface area contributed by atoms with Gasteiger partial charge in [0.2, 0.25) is 5.91 Å². The second kappa shape index (κ2) is 8.05. The van der Waals surface area contributed by atoms with Crippen molar-refractivity contribution in [3.63, 3.8) is 0 Å². The van der Waals surface area contributed by atoms with Crippen molar-refractivity contribution < 1.29 is 23.8 Å². The smallest absolute Gasteiger partial charge is 0.258 e. The summed E-state index contributed by atoms with van der Waals surface area (Å²) in [6.07, 6.45) is 0.703. The van der Waals surface area contributed by atoms with Crippen molar-refractivity contribution in [3.05, 3.63) is 54.0 Å². The normalized spacial score (nSPS) is 17.9. The topological polar surface area (TPSA) is 83.2 Å². The highest BCUT2D eigenvalue weighted by Crippen LogP contribution is 2.21. The first-order valence-electron chi connectivity index (χ1n) is 8.57. The van der Waals surface area contributed by atoms with E-state index in [-0.39, 0.29) is 38.0 Å². The molecule has 138 valence electrons. The van der Waals surface area contributed by atoms with Crippen LogP contribution in [0.5, 0.6) is 5.75 Å². The predicted molar refractivity (Wildman–Crippen MR) is 93.6 cm³/mol. The summed E-state index contributed by atoms with van der Waals surface area (Å²) in [5.74, 6) is 0.534. The number of hydrogen-bond acceptors (Lipinski definition) is 5. The Morgan fingerprint density at radius 3 is 2.81 bits per heavy atom. The fourth-order valence-electron chi connectivity index (χ4n) is 2.99. The third-order valence-electron chi connectivity index (χ3n) is 4.17. The lowest BCUT2D eigenvalue weighted by Crippen LogP contribution is -2.39. The van der Waals surface area contributed by atoms with Gasteiger partial charge in [-0.3, -0.25) is 9.59 Å². The highest BCUT2D eigenvalue weighted by molar-refractivity contribution is 5.99. The molecule has 0 aliphatic carbocycles. The molecule has 7 nitrogen and oxygen atoms in total. The monoisotopic (exact) mass is 358 g/mol. The number of β-amino-alcohol motifs (C(OH)–C–C–N with tert-alkyl or cyclic N) is 1. The average Bonchev–Trinajstić information content (AvgIpc) is 3.09. The number of aliphatic hydroxyl groups excluding tert-OH is 1. The summed E-state index contributed by atoms with van der Waals surface area (Å²) in [6, 6.07) is 10.4. The lowest BCUT2D eigenvalue weighted by atomic mass is 10.1. The molecule has 0 spiro atoms. The first kappa shape index (κ1) is 18.0. The molecule has 1 saturated heterocycles. The van der Waals surface area contributed by atoms with Crippen LogP contribution in [0.1, 0.15) is 23.0 Å². The standard InChI is InChI=1S/C19H22N2O5/c1-2-25-17-8-4-3-7-16(17)19(24)21-11-14(22)10-20(18(23)13-21)12-15-6-5-9-26-15/h3-9,14,22H,2,10-13H2,1H3. The molecule has 7 heteroatoms. The maximum absolute atomic E-state index is 12.9. The number of hydrogen-bond donors (Lipinski definition) is 1. The van der Waals surface area contributed by atoms with Crippen molar-refractivity contribution in [1.82, 2.24) is 9.80 Å². The molecule has 3 rings (SSSR count). The van der Waals surface area contributed by atoms with E-state index in [1.54, 1.807) is 36.4 Å². The minimum Gasteiger partial charge on any atom is -0.493 e. The van der Waals surface area contributed by atoms with Gasteiger partial charge in [0.05, 0.1) is 31.1 Å². The molecule has 26 heavy (non-hydrogen) atoms. The summed E-state index contributed by atoms with van der Waals surface area (Å²) in [5, 5.41) is 10.3. The van der Waals surface area contributed by atoms with Crippen LogP contribution in [0.3, 0.4) is 0 Å². The van der Waals surface area contributed by atoms with Crippen LogP contribution in [-0.2, 0) is 11.3 Å². The predicted octanol–water partition coefficient (Wildman–Crippen LogP) is 1.52. The number of carbonyl (C=O) groups is 2. The first-order chi connectivity index (χ1) is 12.6. The fraction of sp³-hybridized carbons (Fsp3) is 0.368. The third-order valence-corrected chi connectivity index (χ3v) is 4.17. The van der Waals surface area contributed by atoms with Crippen molar-refractivity contribution in [2.75, 3.05) is 26.2 Å². The Morgan fingerprint density at radius 1 is 1.27 bits per heavy atom. The van der Waals surface area contributed by atoms with Gasteiger partial charge in [0.1, 0.15) is 18.1 Å². The van der Waals surface area contributed by atoms with Gasteiger partial charge in [-0.2, -0.15) is 0 Å². The number of amides is 2. The number of benzene rings is 1. The highest BCUT2D eigenvalue weighted by atomic mass is 16.5. The maximum atomic E-state index is 12.9. The van der Waals surface area contributed by atoms with E-state index in [9.17, 15) is 14.7 Å². The zero-order chi connectivity index (χ0) is 18.5. The minimum atomic E-state index is -0.834. The molecule has 2 aromatic rings. The number of aliphatic hydroxyl groups is 1. The Balaban J connectivity index is 1.77. The number of para-hydroxylation sites is 1. The quantitative estimate of drug-likeness (QED) is 0.876. The number of carbonyl (C=O) groups excluding carboxylic acids is 2. The molecular weight excluding hydrogens is 336 g/mol. The van der Waals surface area contributed by atoms with Gasteiger partial charge in [-0.05, 0) is 31.2 Å². The van der Waals surface area contributed by atoms with Crippen molar-refractivity contribution in [3.8, 4) is 5.75 Å². The van der Waals surface area contributed by atoms with Crippen LogP contribution in [0.25, 0.3) is 0 Å². The number of ether oxygens (including phenoxy) is 1. The minimum absolute atomic E-state index is 0.0830. The molecule has 1 unspecified atom stereocenters. The summed E-state index contributed by atoms with van der Waals surface area (Å²) in [7, 11) is 0. The highest BCUT2D eigenvalue weighted by Gasteiger charge is 2.31.